The largest absolute Gasteiger partial charge is 0.462 e. The number of esters is 1. The zero-order chi connectivity index (χ0) is 29.1. The quantitative estimate of drug-likeness (QED) is 0.143. The highest BCUT2D eigenvalue weighted by molar-refractivity contribution is 8.00. The van der Waals surface area contributed by atoms with Gasteiger partial charge in [-0.25, -0.2) is 4.79 Å². The molecule has 0 saturated heterocycles. The third-order valence-electron chi connectivity index (χ3n) is 6.88. The first-order valence-corrected chi connectivity index (χ1v) is 15.8. The Bertz CT molecular complexity index is 1630. The maximum absolute atomic E-state index is 13.3. The molecule has 0 radical (unpaired) electrons. The Morgan fingerprint density at radius 2 is 1.95 bits per heavy atom. The van der Waals surface area contributed by atoms with Crippen LogP contribution in [0.2, 0.25) is 10.0 Å². The maximum atomic E-state index is 13.3. The molecule has 1 atom stereocenters. The van der Waals surface area contributed by atoms with Crippen LogP contribution >= 0.6 is 46.3 Å². The number of aryl methyl sites for hydroxylation is 1. The number of rotatable bonds is 10. The van der Waals surface area contributed by atoms with E-state index in [1.54, 1.807) is 25.1 Å². The predicted molar refractivity (Wildman–Crippen MR) is 167 cm³/mol. The van der Waals surface area contributed by atoms with E-state index in [2.05, 4.69) is 15.2 Å². The highest BCUT2D eigenvalue weighted by atomic mass is 35.5. The van der Waals surface area contributed by atoms with Gasteiger partial charge < -0.3 is 19.9 Å². The number of amides is 2. The molecule has 11 heteroatoms. The number of nitrogens with one attached hydrogen (secondary N) is 2. The molecule has 214 valence electrons. The fourth-order valence-corrected chi connectivity index (χ4v) is 7.73. The number of halogens is 2. The number of ether oxygens (including phenoxy) is 1. The molecule has 4 aromatic rings. The summed E-state index contributed by atoms with van der Waals surface area (Å²) in [4.78, 5) is 40.7. The van der Waals surface area contributed by atoms with Crippen molar-refractivity contribution in [3.63, 3.8) is 0 Å². The van der Waals surface area contributed by atoms with E-state index in [1.807, 2.05) is 37.4 Å². The number of nitrogens with zero attached hydrogens (tertiary/aromatic N) is 1. The SMILES string of the molecule is CCOC(=O)c1c(NC(=O)[C@@H](C)Sc2cn(CCNC(=O)c3ccc(Cl)cc3Cl)c3ccccc23)sc2c1CCC2. The minimum absolute atomic E-state index is 0.176. The molecule has 2 N–H and O–H groups in total. The molecule has 1 aliphatic rings. The Kier molecular flexibility index (Phi) is 9.28. The third-order valence-corrected chi connectivity index (χ3v) is 9.78. The van der Waals surface area contributed by atoms with Gasteiger partial charge in [0, 0.05) is 45.0 Å². The smallest absolute Gasteiger partial charge is 0.341 e. The zero-order valence-electron chi connectivity index (χ0n) is 22.6. The van der Waals surface area contributed by atoms with Crippen LogP contribution in [0, 0.1) is 0 Å². The number of carbonyl (C=O) groups excluding carboxylic acids is 3. The molecule has 2 aromatic heterocycles. The molecule has 0 unspecified atom stereocenters. The van der Waals surface area contributed by atoms with Crippen LogP contribution in [0.4, 0.5) is 5.00 Å². The Labute approximate surface area is 256 Å². The summed E-state index contributed by atoms with van der Waals surface area (Å²) in [5.74, 6) is -0.829. The first kappa shape index (κ1) is 29.5. The zero-order valence-corrected chi connectivity index (χ0v) is 25.7. The number of aromatic nitrogens is 1. The molecule has 7 nitrogen and oxygen atoms in total. The van der Waals surface area contributed by atoms with E-state index in [9.17, 15) is 14.4 Å². The lowest BCUT2D eigenvalue weighted by Gasteiger charge is -2.12. The van der Waals surface area contributed by atoms with Gasteiger partial charge >= 0.3 is 5.97 Å². The molecule has 5 rings (SSSR count). The van der Waals surface area contributed by atoms with Crippen molar-refractivity contribution in [2.24, 2.45) is 0 Å². The fraction of sp³-hybridized carbons (Fsp3) is 0.300. The molecular weight excluding hydrogens is 601 g/mol. The van der Waals surface area contributed by atoms with E-state index in [0.29, 0.717) is 39.3 Å². The van der Waals surface area contributed by atoms with Gasteiger partial charge in [-0.05, 0) is 62.9 Å². The number of thioether (sulfide) groups is 1. The summed E-state index contributed by atoms with van der Waals surface area (Å²) >= 11 is 15.0. The summed E-state index contributed by atoms with van der Waals surface area (Å²) in [5, 5.41) is 7.86. The first-order valence-electron chi connectivity index (χ1n) is 13.4. The number of hydrogen-bond acceptors (Lipinski definition) is 6. The van der Waals surface area contributed by atoms with Gasteiger partial charge in [0.05, 0.1) is 28.0 Å². The number of anilines is 1. The molecule has 2 aromatic carbocycles. The topological polar surface area (TPSA) is 89.4 Å². The second kappa shape index (κ2) is 12.9. The average Bonchev–Trinajstić information content (AvgIpc) is 3.62. The summed E-state index contributed by atoms with van der Waals surface area (Å²) < 4.78 is 7.36. The van der Waals surface area contributed by atoms with E-state index in [4.69, 9.17) is 27.9 Å². The van der Waals surface area contributed by atoms with Crippen molar-refractivity contribution < 1.29 is 19.1 Å². The Hall–Kier alpha value is -2.98. The second-order valence-electron chi connectivity index (χ2n) is 9.62. The first-order chi connectivity index (χ1) is 19.8. The molecule has 0 aliphatic heterocycles. The van der Waals surface area contributed by atoms with Crippen molar-refractivity contribution in [3.05, 3.63) is 80.3 Å². The van der Waals surface area contributed by atoms with Gasteiger partial charge in [0.25, 0.3) is 5.91 Å². The summed E-state index contributed by atoms with van der Waals surface area (Å²) in [6.07, 6.45) is 4.76. The van der Waals surface area contributed by atoms with Gasteiger partial charge in [-0.2, -0.15) is 0 Å². The van der Waals surface area contributed by atoms with Gasteiger partial charge in [0.1, 0.15) is 5.00 Å². The number of carbonyl (C=O) groups is 3. The fourth-order valence-electron chi connectivity index (χ4n) is 4.92. The Morgan fingerprint density at radius 1 is 1.15 bits per heavy atom. The third kappa shape index (κ3) is 6.43. The molecular formula is C30H29Cl2N3O4S2. The van der Waals surface area contributed by atoms with E-state index < -0.39 is 5.25 Å². The normalized spacial score (nSPS) is 13.2. The van der Waals surface area contributed by atoms with Crippen molar-refractivity contribution >= 4 is 80.0 Å². The van der Waals surface area contributed by atoms with Crippen LogP contribution in [-0.4, -0.2) is 40.8 Å². The van der Waals surface area contributed by atoms with E-state index >= 15 is 0 Å². The van der Waals surface area contributed by atoms with Gasteiger partial charge in [-0.1, -0.05) is 41.4 Å². The number of hydrogen-bond donors (Lipinski definition) is 2. The second-order valence-corrected chi connectivity index (χ2v) is 12.9. The predicted octanol–water partition coefficient (Wildman–Crippen LogP) is 7.22. The summed E-state index contributed by atoms with van der Waals surface area (Å²) in [6.45, 7) is 4.83. The highest BCUT2D eigenvalue weighted by Gasteiger charge is 2.29. The Morgan fingerprint density at radius 3 is 2.73 bits per heavy atom. The van der Waals surface area contributed by atoms with Gasteiger partial charge in [0.15, 0.2) is 0 Å². The average molecular weight is 631 g/mol. The molecule has 0 saturated carbocycles. The lowest BCUT2D eigenvalue weighted by atomic mass is 10.1. The molecule has 2 amide bonds. The summed E-state index contributed by atoms with van der Waals surface area (Å²) in [6, 6.07) is 12.7. The molecule has 0 spiro atoms. The van der Waals surface area contributed by atoms with E-state index in [0.717, 1.165) is 45.5 Å². The number of benzene rings is 2. The Balaban J connectivity index is 1.27. The summed E-state index contributed by atoms with van der Waals surface area (Å²) in [5.41, 5.74) is 2.89. The van der Waals surface area contributed by atoms with Crippen molar-refractivity contribution in [2.75, 3.05) is 18.5 Å². The van der Waals surface area contributed by atoms with Crippen molar-refractivity contribution in [3.8, 4) is 0 Å². The minimum atomic E-state index is -0.423. The van der Waals surface area contributed by atoms with Crippen LogP contribution in [-0.2, 0) is 28.9 Å². The van der Waals surface area contributed by atoms with E-state index in [-0.39, 0.29) is 24.4 Å². The van der Waals surface area contributed by atoms with Crippen LogP contribution in [0.15, 0.2) is 53.6 Å². The van der Waals surface area contributed by atoms with Crippen LogP contribution in [0.5, 0.6) is 0 Å². The summed E-state index contributed by atoms with van der Waals surface area (Å²) in [7, 11) is 0. The van der Waals surface area contributed by atoms with E-state index in [1.165, 1.54) is 23.1 Å². The van der Waals surface area contributed by atoms with Crippen molar-refractivity contribution in [2.45, 2.75) is 49.8 Å². The number of fused-ring (bicyclic) bond motifs is 2. The van der Waals surface area contributed by atoms with Gasteiger partial charge in [0.2, 0.25) is 5.91 Å². The lowest BCUT2D eigenvalue weighted by molar-refractivity contribution is -0.115. The highest BCUT2D eigenvalue weighted by Crippen LogP contribution is 2.40. The number of thiophene rings is 1. The molecule has 0 fully saturated rings. The van der Waals surface area contributed by atoms with Crippen LogP contribution < -0.4 is 10.6 Å². The number of para-hydroxylation sites is 1. The maximum Gasteiger partial charge on any atom is 0.341 e. The van der Waals surface area contributed by atoms with Crippen LogP contribution in [0.1, 0.15) is 51.4 Å². The lowest BCUT2D eigenvalue weighted by Crippen LogP contribution is -2.27. The molecule has 0 bridgehead atoms. The van der Waals surface area contributed by atoms with Crippen LogP contribution in [0.25, 0.3) is 10.9 Å². The molecule has 41 heavy (non-hydrogen) atoms. The monoisotopic (exact) mass is 629 g/mol. The van der Waals surface area contributed by atoms with Gasteiger partial charge in [-0.15, -0.1) is 23.1 Å². The minimum Gasteiger partial charge on any atom is -0.462 e. The standard InChI is InChI=1S/C30H29Cl2N3O4S2/c1-3-39-30(38)26-21-8-6-10-24(21)41-29(26)34-27(36)17(2)40-25-16-35(23-9-5-4-7-20(23)25)14-13-33-28(37)19-12-11-18(31)15-22(19)32/h4-5,7,9,11-12,15-17H,3,6,8,10,13-14H2,1-2H3,(H,33,37)(H,34,36)/t17-/m1/s1. The van der Waals surface area contributed by atoms with Crippen molar-refractivity contribution in [1.29, 1.82) is 0 Å². The van der Waals surface area contributed by atoms with Crippen LogP contribution in [0.3, 0.4) is 0 Å². The molecule has 1 aliphatic carbocycles. The van der Waals surface area contributed by atoms with Gasteiger partial charge in [-0.3, -0.25) is 9.59 Å². The van der Waals surface area contributed by atoms with Crippen molar-refractivity contribution in [1.82, 2.24) is 9.88 Å². The molecule has 2 heterocycles.